The van der Waals surface area contributed by atoms with E-state index in [0.29, 0.717) is 5.92 Å². The van der Waals surface area contributed by atoms with E-state index in [1.54, 1.807) is 0 Å². The Morgan fingerprint density at radius 2 is 1.35 bits per heavy atom. The van der Waals surface area contributed by atoms with Crippen LogP contribution in [0.2, 0.25) is 19.6 Å². The molecule has 0 radical (unpaired) electrons. The minimum atomic E-state index is -1.74. The summed E-state index contributed by atoms with van der Waals surface area (Å²) in [5, 5.41) is 6.10. The lowest BCUT2D eigenvalue weighted by Crippen LogP contribution is -2.53. The van der Waals surface area contributed by atoms with Crippen LogP contribution in [0.5, 0.6) is 0 Å². The van der Waals surface area contributed by atoms with Crippen molar-refractivity contribution in [3.8, 4) is 39.5 Å². The zero-order chi connectivity index (χ0) is 46.4. The molecule has 0 amide bonds. The van der Waals surface area contributed by atoms with Crippen LogP contribution < -0.4 is 14.3 Å². The smallest absolute Gasteiger partial charge is 0.298 e. The third-order valence-electron chi connectivity index (χ3n) is 14.7. The van der Waals surface area contributed by atoms with Gasteiger partial charge in [0.05, 0.1) is 26.6 Å². The summed E-state index contributed by atoms with van der Waals surface area (Å²) in [6.45, 7) is 16.8. The van der Waals surface area contributed by atoms with Crippen LogP contribution in [-0.4, -0.2) is 12.6 Å². The Morgan fingerprint density at radius 3 is 2.09 bits per heavy atom. The van der Waals surface area contributed by atoms with Crippen molar-refractivity contribution in [1.29, 1.82) is 0 Å². The van der Waals surface area contributed by atoms with Gasteiger partial charge in [-0.2, -0.15) is 9.13 Å². The van der Waals surface area contributed by atoms with E-state index in [2.05, 4.69) is 231 Å². The Labute approximate surface area is 399 Å². The minimum absolute atomic E-state index is 0.0339. The molecule has 4 aromatic heterocycles. The summed E-state index contributed by atoms with van der Waals surface area (Å²) in [7, 11) is 0.462. The maximum atomic E-state index is 7.04. The number of para-hydroxylation sites is 4. The SMILES string of the molecule is C=CC1C(CCc2ccc3c(oc4ccccc43)c2-c2n(-c3ccc(-c4ccccc4)cc3)c3ccccc3[n+]2C)c2cc3oc4ccccc4c3cc2-c2cc(CC(C)C)c([Si](C)(C)C)c[n+]21. The van der Waals surface area contributed by atoms with Gasteiger partial charge in [-0.25, -0.2) is 4.57 Å². The number of hydrogen-bond donors (Lipinski definition) is 0. The number of aromatic nitrogens is 3. The molecule has 2 atom stereocenters. The highest BCUT2D eigenvalue weighted by molar-refractivity contribution is 6.89. The fourth-order valence-electron chi connectivity index (χ4n) is 11.5. The van der Waals surface area contributed by atoms with Gasteiger partial charge in [-0.3, -0.25) is 0 Å². The third-order valence-corrected chi connectivity index (χ3v) is 16.7. The third kappa shape index (κ3) is 6.79. The van der Waals surface area contributed by atoms with Crippen LogP contribution in [-0.2, 0) is 19.9 Å². The number of rotatable bonds is 10. The largest absolute Gasteiger partial charge is 0.456 e. The number of hydrogen-bond acceptors (Lipinski definition) is 2. The van der Waals surface area contributed by atoms with Crippen LogP contribution in [0.15, 0.2) is 185 Å². The van der Waals surface area contributed by atoms with Gasteiger partial charge in [-0.15, -0.1) is 0 Å². The first-order valence-electron chi connectivity index (χ1n) is 24.3. The maximum Gasteiger partial charge on any atom is 0.298 e. The highest BCUT2D eigenvalue weighted by Crippen LogP contribution is 2.47. The Hall–Kier alpha value is -7.28. The second kappa shape index (κ2) is 16.2. The molecule has 68 heavy (non-hydrogen) atoms. The number of aryl methyl sites for hydroxylation is 2. The standard InChI is InChI=1S/C62H57N3O2Si/c1-8-52-45(49-37-58-51(47-21-13-16-24-56(47)66-58)36-50(49)55-35-43(34-39(2)3)59(38-64(52)55)68(5,6)7)32-28-42-29-33-48-46-20-12-17-25-57(46)67-61(48)60(42)62-63(4)53-22-14-15-23-54(53)65(62)44-30-26-41(27-31-44)40-18-10-9-11-19-40/h8-27,29-31,33,35-39,45,52H,1,28,32,34H2,2-7H3/q+2. The highest BCUT2D eigenvalue weighted by atomic mass is 28.3. The fraction of sp³-hybridized carbons (Fsp3) is 0.194. The van der Waals surface area contributed by atoms with Crippen LogP contribution in [0.4, 0.5) is 0 Å². The van der Waals surface area contributed by atoms with Gasteiger partial charge in [-0.1, -0.05) is 143 Å². The average Bonchev–Trinajstić information content (AvgIpc) is 4.01. The average molecular weight is 904 g/mol. The van der Waals surface area contributed by atoms with Gasteiger partial charge in [0, 0.05) is 32.8 Å². The summed E-state index contributed by atoms with van der Waals surface area (Å²) in [5.41, 5.74) is 17.2. The molecule has 5 nitrogen and oxygen atoms in total. The van der Waals surface area contributed by atoms with Gasteiger partial charge in [0.15, 0.2) is 28.9 Å². The van der Waals surface area contributed by atoms with E-state index < -0.39 is 8.07 Å². The number of fused-ring (bicyclic) bond motifs is 10. The first-order valence-corrected chi connectivity index (χ1v) is 27.8. The van der Waals surface area contributed by atoms with Crippen molar-refractivity contribution in [3.63, 3.8) is 0 Å². The quantitative estimate of drug-likeness (QED) is 0.0779. The fourth-order valence-corrected chi connectivity index (χ4v) is 13.2. The minimum Gasteiger partial charge on any atom is -0.456 e. The molecule has 0 spiro atoms. The summed E-state index contributed by atoms with van der Waals surface area (Å²) in [5.74, 6) is 1.75. The molecular formula is C62H57N3O2Si+2. The topological polar surface area (TPSA) is 39.0 Å². The van der Waals surface area contributed by atoms with Crippen molar-refractivity contribution in [2.24, 2.45) is 13.0 Å². The predicted octanol–water partition coefficient (Wildman–Crippen LogP) is 14.7. The normalized spacial score (nSPS) is 15.0. The van der Waals surface area contributed by atoms with E-state index in [0.717, 1.165) is 91.2 Å². The molecule has 0 aliphatic carbocycles. The van der Waals surface area contributed by atoms with Crippen molar-refractivity contribution >= 4 is 68.2 Å². The molecule has 334 valence electrons. The van der Waals surface area contributed by atoms with E-state index >= 15 is 0 Å². The van der Waals surface area contributed by atoms with Crippen LogP contribution in [0.1, 0.15) is 48.9 Å². The monoisotopic (exact) mass is 903 g/mol. The van der Waals surface area contributed by atoms with Gasteiger partial charge < -0.3 is 8.83 Å². The van der Waals surface area contributed by atoms with Gasteiger partial charge in [0.2, 0.25) is 5.69 Å². The van der Waals surface area contributed by atoms with Gasteiger partial charge in [0.1, 0.15) is 28.0 Å². The molecule has 5 heterocycles. The van der Waals surface area contributed by atoms with Crippen LogP contribution >= 0.6 is 0 Å². The van der Waals surface area contributed by atoms with E-state index in [-0.39, 0.29) is 12.0 Å². The molecule has 1 aliphatic rings. The second-order valence-electron chi connectivity index (χ2n) is 20.5. The summed E-state index contributed by atoms with van der Waals surface area (Å²) in [6.07, 6.45) is 7.49. The second-order valence-corrected chi connectivity index (χ2v) is 25.5. The number of pyridine rings is 1. The first kappa shape index (κ1) is 42.1. The predicted molar refractivity (Wildman–Crippen MR) is 284 cm³/mol. The summed E-state index contributed by atoms with van der Waals surface area (Å²) in [4.78, 5) is 0. The molecule has 12 rings (SSSR count). The van der Waals surface area contributed by atoms with Crippen molar-refractivity contribution in [2.75, 3.05) is 0 Å². The Kier molecular flexibility index (Phi) is 10.0. The molecule has 11 aromatic rings. The molecule has 0 fully saturated rings. The number of nitrogens with zero attached hydrogens (tertiary/aromatic N) is 3. The molecule has 0 saturated carbocycles. The molecular weight excluding hydrogens is 847 g/mol. The summed E-state index contributed by atoms with van der Waals surface area (Å²) in [6, 6.07) is 57.4. The molecule has 7 aromatic carbocycles. The van der Waals surface area contributed by atoms with Gasteiger partial charge in [-0.05, 0) is 108 Å². The van der Waals surface area contributed by atoms with E-state index in [1.165, 1.54) is 44.3 Å². The van der Waals surface area contributed by atoms with Crippen molar-refractivity contribution in [3.05, 3.63) is 193 Å². The molecule has 0 saturated heterocycles. The molecule has 6 heteroatoms. The first-order chi connectivity index (χ1) is 33.1. The lowest BCUT2D eigenvalue weighted by molar-refractivity contribution is -0.706. The maximum absolute atomic E-state index is 7.04. The number of benzene rings is 7. The van der Waals surface area contributed by atoms with Crippen molar-refractivity contribution in [2.45, 2.75) is 64.7 Å². The van der Waals surface area contributed by atoms with Crippen LogP contribution in [0, 0.1) is 5.92 Å². The molecule has 0 N–H and O–H groups in total. The van der Waals surface area contributed by atoms with E-state index in [9.17, 15) is 0 Å². The summed E-state index contributed by atoms with van der Waals surface area (Å²) >= 11 is 0. The van der Waals surface area contributed by atoms with E-state index in [1.807, 2.05) is 0 Å². The molecule has 1 aliphatic heterocycles. The number of furan rings is 2. The summed E-state index contributed by atoms with van der Waals surface area (Å²) < 4.78 is 21.1. The number of allylic oxidation sites excluding steroid dienone is 1. The van der Waals surface area contributed by atoms with E-state index in [4.69, 9.17) is 8.83 Å². The highest BCUT2D eigenvalue weighted by Gasteiger charge is 2.42. The van der Waals surface area contributed by atoms with Crippen LogP contribution in [0.3, 0.4) is 0 Å². The molecule has 0 bridgehead atoms. The Bertz CT molecular complexity index is 3770. The lowest BCUT2D eigenvalue weighted by Gasteiger charge is -2.31. The Balaban J connectivity index is 1.06. The van der Waals surface area contributed by atoms with Crippen molar-refractivity contribution < 1.29 is 18.0 Å². The van der Waals surface area contributed by atoms with Gasteiger partial charge >= 0.3 is 0 Å². The van der Waals surface area contributed by atoms with Crippen LogP contribution in [0.25, 0.3) is 94.4 Å². The lowest BCUT2D eigenvalue weighted by atomic mass is 9.78. The zero-order valence-electron chi connectivity index (χ0n) is 39.9. The number of imidazole rings is 1. The van der Waals surface area contributed by atoms with Crippen molar-refractivity contribution in [1.82, 2.24) is 4.57 Å². The molecule has 2 unspecified atom stereocenters. The Morgan fingerprint density at radius 1 is 0.676 bits per heavy atom. The van der Waals surface area contributed by atoms with Gasteiger partial charge in [0.25, 0.3) is 5.82 Å². The zero-order valence-corrected chi connectivity index (χ0v) is 40.9.